The highest BCUT2D eigenvalue weighted by Crippen LogP contribution is 2.23. The lowest BCUT2D eigenvalue weighted by Gasteiger charge is -2.10. The Hall–Kier alpha value is -3.02. The fraction of sp³-hybridized carbons (Fsp3) is 0.0667. The summed E-state index contributed by atoms with van der Waals surface area (Å²) >= 11 is 0. The van der Waals surface area contributed by atoms with E-state index in [0.717, 1.165) is 0 Å². The summed E-state index contributed by atoms with van der Waals surface area (Å²) < 4.78 is 5.03. The second kappa shape index (κ2) is 5.96. The number of carboxylic acid groups (broad SMARTS) is 1. The third kappa shape index (κ3) is 3.30. The van der Waals surface area contributed by atoms with Crippen molar-refractivity contribution in [3.05, 3.63) is 53.6 Å². The minimum Gasteiger partial charge on any atom is -0.497 e. The molecule has 2 aromatic carbocycles. The van der Waals surface area contributed by atoms with Crippen LogP contribution in [0.15, 0.2) is 42.5 Å². The van der Waals surface area contributed by atoms with Crippen LogP contribution in [0.4, 0.5) is 11.4 Å². The molecule has 2 rings (SSSR count). The van der Waals surface area contributed by atoms with Crippen molar-refractivity contribution in [2.24, 2.45) is 0 Å². The Bertz CT molecular complexity index is 698. The molecular weight excluding hydrogens is 272 g/mol. The van der Waals surface area contributed by atoms with E-state index in [4.69, 9.17) is 15.6 Å². The first-order chi connectivity index (χ1) is 10.0. The van der Waals surface area contributed by atoms with Crippen molar-refractivity contribution in [3.63, 3.8) is 0 Å². The van der Waals surface area contributed by atoms with Crippen molar-refractivity contribution in [2.45, 2.75) is 0 Å². The highest BCUT2D eigenvalue weighted by molar-refractivity contribution is 6.08. The van der Waals surface area contributed by atoms with Crippen LogP contribution in [-0.4, -0.2) is 24.1 Å². The predicted molar refractivity (Wildman–Crippen MR) is 78.8 cm³/mol. The van der Waals surface area contributed by atoms with Crippen molar-refractivity contribution < 1.29 is 19.4 Å². The molecule has 0 aliphatic rings. The molecule has 2 aromatic rings. The van der Waals surface area contributed by atoms with Gasteiger partial charge in [-0.25, -0.2) is 4.79 Å². The Balaban J connectivity index is 2.33. The molecule has 0 spiro atoms. The molecule has 1 amide bonds. The lowest BCUT2D eigenvalue weighted by molar-refractivity contribution is 0.0698. The van der Waals surface area contributed by atoms with Crippen molar-refractivity contribution in [1.29, 1.82) is 0 Å². The zero-order chi connectivity index (χ0) is 15.4. The number of nitrogens with two attached hydrogens (primary N) is 1. The lowest BCUT2D eigenvalue weighted by atomic mass is 10.1. The van der Waals surface area contributed by atoms with Crippen LogP contribution in [0.2, 0.25) is 0 Å². The van der Waals surface area contributed by atoms with Gasteiger partial charge in [-0.05, 0) is 30.3 Å². The average Bonchev–Trinajstić information content (AvgIpc) is 2.46. The van der Waals surface area contributed by atoms with Crippen molar-refractivity contribution in [1.82, 2.24) is 0 Å². The molecule has 6 heteroatoms. The molecule has 0 aliphatic heterocycles. The maximum atomic E-state index is 12.1. The minimum atomic E-state index is -1.14. The van der Waals surface area contributed by atoms with E-state index in [1.165, 1.54) is 31.4 Å². The summed E-state index contributed by atoms with van der Waals surface area (Å²) in [5, 5.41) is 11.7. The number of anilines is 2. The van der Waals surface area contributed by atoms with E-state index in [1.54, 1.807) is 18.2 Å². The van der Waals surface area contributed by atoms with Gasteiger partial charge in [0.2, 0.25) is 0 Å². The summed E-state index contributed by atoms with van der Waals surface area (Å²) in [5.74, 6) is -1.14. The van der Waals surface area contributed by atoms with E-state index in [9.17, 15) is 9.59 Å². The summed E-state index contributed by atoms with van der Waals surface area (Å²) in [5.41, 5.74) is 6.55. The van der Waals surface area contributed by atoms with E-state index < -0.39 is 11.9 Å². The number of carbonyl (C=O) groups is 2. The Morgan fingerprint density at radius 2 is 1.95 bits per heavy atom. The van der Waals surface area contributed by atoms with Crippen LogP contribution in [-0.2, 0) is 0 Å². The maximum absolute atomic E-state index is 12.1. The molecule has 0 bridgehead atoms. The van der Waals surface area contributed by atoms with Gasteiger partial charge in [0.05, 0.1) is 18.4 Å². The van der Waals surface area contributed by atoms with Gasteiger partial charge in [-0.3, -0.25) is 4.79 Å². The van der Waals surface area contributed by atoms with Crippen molar-refractivity contribution in [2.75, 3.05) is 18.2 Å². The number of benzene rings is 2. The standard InChI is InChI=1S/C15H14N2O4/c1-21-11-5-6-12(15(19)20)13(8-11)17-14(18)9-3-2-4-10(16)7-9/h2-8H,16H2,1H3,(H,17,18)(H,19,20). The van der Waals surface area contributed by atoms with Gasteiger partial charge in [-0.1, -0.05) is 6.07 Å². The molecule has 0 saturated heterocycles. The van der Waals surface area contributed by atoms with E-state index in [-0.39, 0.29) is 11.3 Å². The number of methoxy groups -OCH3 is 1. The molecule has 0 fully saturated rings. The summed E-state index contributed by atoms with van der Waals surface area (Å²) in [4.78, 5) is 23.3. The molecule has 0 saturated carbocycles. The number of rotatable bonds is 4. The Morgan fingerprint density at radius 3 is 2.57 bits per heavy atom. The first-order valence-corrected chi connectivity index (χ1v) is 6.09. The number of ether oxygens (including phenoxy) is 1. The second-order valence-corrected chi connectivity index (χ2v) is 4.30. The highest BCUT2D eigenvalue weighted by Gasteiger charge is 2.14. The van der Waals surface area contributed by atoms with Gasteiger partial charge < -0.3 is 20.9 Å². The van der Waals surface area contributed by atoms with Gasteiger partial charge in [-0.2, -0.15) is 0 Å². The third-order valence-corrected chi connectivity index (χ3v) is 2.85. The number of amides is 1. The Kier molecular flexibility index (Phi) is 4.08. The maximum Gasteiger partial charge on any atom is 0.337 e. The predicted octanol–water partition coefficient (Wildman–Crippen LogP) is 2.23. The zero-order valence-electron chi connectivity index (χ0n) is 11.3. The van der Waals surface area contributed by atoms with Gasteiger partial charge in [0.25, 0.3) is 5.91 Å². The second-order valence-electron chi connectivity index (χ2n) is 4.30. The van der Waals surface area contributed by atoms with Crippen LogP contribution < -0.4 is 15.8 Å². The van der Waals surface area contributed by atoms with E-state index in [1.807, 2.05) is 0 Å². The number of carbonyl (C=O) groups excluding carboxylic acids is 1. The third-order valence-electron chi connectivity index (χ3n) is 2.85. The van der Waals surface area contributed by atoms with Gasteiger partial charge in [-0.15, -0.1) is 0 Å². The van der Waals surface area contributed by atoms with Crippen LogP contribution in [0.1, 0.15) is 20.7 Å². The average molecular weight is 286 g/mol. The van der Waals surface area contributed by atoms with Gasteiger partial charge in [0, 0.05) is 17.3 Å². The first kappa shape index (κ1) is 14.4. The molecule has 0 heterocycles. The van der Waals surface area contributed by atoms with Crippen LogP contribution in [0.3, 0.4) is 0 Å². The number of hydrogen-bond donors (Lipinski definition) is 3. The van der Waals surface area contributed by atoms with Gasteiger partial charge in [0.15, 0.2) is 0 Å². The molecule has 4 N–H and O–H groups in total. The number of carboxylic acids is 1. The number of nitrogens with one attached hydrogen (secondary N) is 1. The first-order valence-electron chi connectivity index (χ1n) is 6.09. The highest BCUT2D eigenvalue weighted by atomic mass is 16.5. The molecule has 21 heavy (non-hydrogen) atoms. The van der Waals surface area contributed by atoms with Crippen LogP contribution >= 0.6 is 0 Å². The zero-order valence-corrected chi connectivity index (χ0v) is 11.3. The molecule has 0 aliphatic carbocycles. The number of hydrogen-bond acceptors (Lipinski definition) is 4. The van der Waals surface area contributed by atoms with E-state index >= 15 is 0 Å². The van der Waals surface area contributed by atoms with Gasteiger partial charge in [0.1, 0.15) is 5.75 Å². The number of aromatic carboxylic acids is 1. The van der Waals surface area contributed by atoms with Crippen LogP contribution in [0.5, 0.6) is 5.75 Å². The molecule has 108 valence electrons. The topological polar surface area (TPSA) is 102 Å². The summed E-state index contributed by atoms with van der Waals surface area (Å²) in [6, 6.07) is 10.7. The number of nitrogen functional groups attached to an aromatic ring is 1. The SMILES string of the molecule is COc1ccc(C(=O)O)c(NC(=O)c2cccc(N)c2)c1. The summed E-state index contributed by atoms with van der Waals surface area (Å²) in [6.07, 6.45) is 0. The molecule has 0 unspecified atom stereocenters. The fourth-order valence-electron chi connectivity index (χ4n) is 1.81. The lowest BCUT2D eigenvalue weighted by Crippen LogP contribution is -2.15. The molecule has 0 radical (unpaired) electrons. The van der Waals surface area contributed by atoms with Crippen LogP contribution in [0, 0.1) is 0 Å². The van der Waals surface area contributed by atoms with E-state index in [0.29, 0.717) is 17.0 Å². The fourth-order valence-corrected chi connectivity index (χ4v) is 1.81. The van der Waals surface area contributed by atoms with Gasteiger partial charge >= 0.3 is 5.97 Å². The monoisotopic (exact) mass is 286 g/mol. The summed E-state index contributed by atoms with van der Waals surface area (Å²) in [6.45, 7) is 0. The largest absolute Gasteiger partial charge is 0.497 e. The molecule has 0 aromatic heterocycles. The smallest absolute Gasteiger partial charge is 0.337 e. The minimum absolute atomic E-state index is 0.0203. The van der Waals surface area contributed by atoms with Crippen molar-refractivity contribution >= 4 is 23.3 Å². The van der Waals surface area contributed by atoms with Crippen LogP contribution in [0.25, 0.3) is 0 Å². The van der Waals surface area contributed by atoms with E-state index in [2.05, 4.69) is 5.32 Å². The molecular formula is C15H14N2O4. The normalized spacial score (nSPS) is 9.95. The Morgan fingerprint density at radius 1 is 1.19 bits per heavy atom. The van der Waals surface area contributed by atoms with Crippen molar-refractivity contribution in [3.8, 4) is 5.75 Å². The molecule has 0 atom stereocenters. The Labute approximate surface area is 121 Å². The quantitative estimate of drug-likeness (QED) is 0.748. The summed E-state index contributed by atoms with van der Waals surface area (Å²) in [7, 11) is 1.46. The molecule has 6 nitrogen and oxygen atoms in total.